The van der Waals surface area contributed by atoms with Crippen LogP contribution in [0.5, 0.6) is 0 Å². The largest absolute Gasteiger partial charge is 0.416 e. The zero-order valence-electron chi connectivity index (χ0n) is 22.6. The number of aromatic nitrogens is 1. The average Bonchev–Trinajstić information content (AvgIpc) is 3.57. The molecule has 3 aliphatic heterocycles. The molecule has 1 aromatic rings. The lowest BCUT2D eigenvalue weighted by molar-refractivity contribution is -0.162. The molecule has 2 N–H and O–H groups in total. The van der Waals surface area contributed by atoms with Gasteiger partial charge in [0.05, 0.1) is 35.4 Å². The molecule has 0 unspecified atom stereocenters. The number of carbonyl (C=O) groups is 1. The molecule has 4 heterocycles. The highest BCUT2D eigenvalue weighted by Crippen LogP contribution is 2.45. The summed E-state index contributed by atoms with van der Waals surface area (Å²) in [5, 5.41) is 14.9. The van der Waals surface area contributed by atoms with Gasteiger partial charge < -0.3 is 29.7 Å². The number of ether oxygens (including phenoxy) is 2. The Labute approximate surface area is 221 Å². The Balaban J connectivity index is 1.25. The number of aliphatic hydroxyl groups is 1. The Morgan fingerprint density at radius 1 is 1.26 bits per heavy atom. The van der Waals surface area contributed by atoms with Crippen LogP contribution in [0.15, 0.2) is 18.3 Å². The molecule has 8 nitrogen and oxygen atoms in total. The molecule has 4 aliphatic rings. The molecule has 1 aliphatic carbocycles. The topological polar surface area (TPSA) is 87.2 Å². The van der Waals surface area contributed by atoms with E-state index in [2.05, 4.69) is 10.3 Å². The van der Waals surface area contributed by atoms with Crippen molar-refractivity contribution in [1.29, 1.82) is 0 Å². The predicted octanol–water partition coefficient (Wildman–Crippen LogP) is 2.98. The zero-order chi connectivity index (χ0) is 27.5. The summed E-state index contributed by atoms with van der Waals surface area (Å²) in [7, 11) is 1.63. The van der Waals surface area contributed by atoms with E-state index in [1.165, 1.54) is 6.20 Å². The highest BCUT2D eigenvalue weighted by Gasteiger charge is 2.56. The molecule has 0 spiro atoms. The number of pyridine rings is 1. The molecular formula is C27H39F3N4O4. The van der Waals surface area contributed by atoms with Gasteiger partial charge in [-0.15, -0.1) is 0 Å². The number of piperazine rings is 1. The molecule has 0 radical (unpaired) electrons. The zero-order valence-corrected chi connectivity index (χ0v) is 22.6. The molecule has 1 aromatic heterocycles. The summed E-state index contributed by atoms with van der Waals surface area (Å²) in [6.07, 6.45) is -0.0160. The first-order valence-corrected chi connectivity index (χ1v) is 13.5. The van der Waals surface area contributed by atoms with Crippen LogP contribution < -0.4 is 10.2 Å². The van der Waals surface area contributed by atoms with Crippen molar-refractivity contribution in [3.63, 3.8) is 0 Å². The maximum atomic E-state index is 13.8. The third kappa shape index (κ3) is 4.69. The van der Waals surface area contributed by atoms with E-state index in [1.807, 2.05) is 16.7 Å². The van der Waals surface area contributed by atoms with E-state index >= 15 is 0 Å². The third-order valence-corrected chi connectivity index (χ3v) is 9.42. The summed E-state index contributed by atoms with van der Waals surface area (Å²) in [4.78, 5) is 21.9. The minimum atomic E-state index is -4.42. The number of halogens is 3. The lowest BCUT2D eigenvalue weighted by Crippen LogP contribution is -2.72. The lowest BCUT2D eigenvalue weighted by atomic mass is 9.73. The van der Waals surface area contributed by atoms with Crippen LogP contribution in [0.3, 0.4) is 0 Å². The lowest BCUT2D eigenvalue weighted by Gasteiger charge is -2.52. The number of alkyl halides is 3. The fourth-order valence-corrected chi connectivity index (χ4v) is 7.25. The molecule has 0 aromatic carbocycles. The summed E-state index contributed by atoms with van der Waals surface area (Å²) in [6.45, 7) is 7.50. The van der Waals surface area contributed by atoms with Crippen LogP contribution in [0.1, 0.15) is 58.4 Å². The summed E-state index contributed by atoms with van der Waals surface area (Å²) >= 11 is 0. The van der Waals surface area contributed by atoms with Gasteiger partial charge >= 0.3 is 6.18 Å². The fourth-order valence-electron chi connectivity index (χ4n) is 7.25. The van der Waals surface area contributed by atoms with Gasteiger partial charge in [-0.05, 0) is 58.1 Å². The number of fused-ring (bicyclic) bond motifs is 2. The monoisotopic (exact) mass is 540 g/mol. The molecule has 6 atom stereocenters. The highest BCUT2D eigenvalue weighted by molar-refractivity contribution is 5.84. The van der Waals surface area contributed by atoms with Crippen LogP contribution in [0.25, 0.3) is 0 Å². The molecule has 2 bridgehead atoms. The maximum Gasteiger partial charge on any atom is 0.416 e. The minimum absolute atomic E-state index is 0.0382. The summed E-state index contributed by atoms with van der Waals surface area (Å²) < 4.78 is 51.0. The van der Waals surface area contributed by atoms with Crippen LogP contribution in [-0.4, -0.2) is 89.7 Å². The van der Waals surface area contributed by atoms with E-state index in [9.17, 15) is 23.1 Å². The van der Waals surface area contributed by atoms with Crippen molar-refractivity contribution in [2.75, 3.05) is 38.3 Å². The van der Waals surface area contributed by atoms with Crippen molar-refractivity contribution in [2.45, 2.75) is 94.4 Å². The quantitative estimate of drug-likeness (QED) is 0.574. The minimum Gasteiger partial charge on any atom is -0.388 e. The number of hydrogen-bond donors (Lipinski definition) is 2. The van der Waals surface area contributed by atoms with Gasteiger partial charge in [0.15, 0.2) is 0 Å². The second-order valence-electron chi connectivity index (χ2n) is 12.3. The fraction of sp³-hybridized carbons (Fsp3) is 0.778. The summed E-state index contributed by atoms with van der Waals surface area (Å²) in [6, 6.07) is 2.04. The van der Waals surface area contributed by atoms with Gasteiger partial charge in [0.1, 0.15) is 11.9 Å². The normalized spacial score (nSPS) is 35.8. The molecule has 4 fully saturated rings. The Morgan fingerprint density at radius 2 is 2.03 bits per heavy atom. The summed E-state index contributed by atoms with van der Waals surface area (Å²) in [5.41, 5.74) is -3.01. The summed E-state index contributed by atoms with van der Waals surface area (Å²) in [5.74, 6) is 0.426. The van der Waals surface area contributed by atoms with Gasteiger partial charge in [-0.3, -0.25) is 4.79 Å². The number of nitrogens with one attached hydrogen (secondary N) is 1. The number of hydrogen-bond acceptors (Lipinski definition) is 7. The van der Waals surface area contributed by atoms with Crippen molar-refractivity contribution >= 4 is 11.7 Å². The van der Waals surface area contributed by atoms with Crippen molar-refractivity contribution in [2.24, 2.45) is 5.41 Å². The number of carbonyl (C=O) groups excluding carboxylic acids is 1. The molecule has 38 heavy (non-hydrogen) atoms. The van der Waals surface area contributed by atoms with E-state index in [0.717, 1.165) is 31.4 Å². The van der Waals surface area contributed by atoms with Gasteiger partial charge in [0.2, 0.25) is 5.91 Å². The van der Waals surface area contributed by atoms with Crippen LogP contribution in [0.2, 0.25) is 0 Å². The molecule has 212 valence electrons. The van der Waals surface area contributed by atoms with Crippen molar-refractivity contribution in [1.82, 2.24) is 15.2 Å². The molecule has 1 saturated carbocycles. The predicted molar refractivity (Wildman–Crippen MR) is 135 cm³/mol. The van der Waals surface area contributed by atoms with Gasteiger partial charge in [-0.2, -0.15) is 13.2 Å². The molecule has 1 amide bonds. The maximum absolute atomic E-state index is 13.8. The van der Waals surface area contributed by atoms with Crippen molar-refractivity contribution in [3.8, 4) is 0 Å². The molecule has 3 saturated heterocycles. The van der Waals surface area contributed by atoms with Crippen LogP contribution in [0, 0.1) is 5.41 Å². The van der Waals surface area contributed by atoms with Crippen LogP contribution in [-0.2, 0) is 20.4 Å². The van der Waals surface area contributed by atoms with Gasteiger partial charge in [-0.1, -0.05) is 6.92 Å². The smallest absolute Gasteiger partial charge is 0.388 e. The standard InChI is InChI=1S/C27H39F3N4O4/c1-24(2,36)26(8-10-38-16-21(26)37-4)32-18-5-7-25(3,13-18)23(35)34-15-19-12-20(34)14-33(19)22-11-17(6-9-31-22)27(28,29)30/h6,9,11,18-21,32,36H,5,7-8,10,12-16H2,1-4H3/t18-,19-,20+,21-,25+,26+/m1/s1. The number of amides is 1. The van der Waals surface area contributed by atoms with E-state index < -0.39 is 28.3 Å². The van der Waals surface area contributed by atoms with Crippen LogP contribution >= 0.6 is 0 Å². The van der Waals surface area contributed by atoms with E-state index in [-0.39, 0.29) is 30.1 Å². The number of rotatable bonds is 6. The number of anilines is 1. The molecule has 5 rings (SSSR count). The van der Waals surface area contributed by atoms with Crippen LogP contribution in [0.4, 0.5) is 19.0 Å². The Morgan fingerprint density at radius 3 is 2.66 bits per heavy atom. The Hall–Kier alpha value is -1.95. The van der Waals surface area contributed by atoms with E-state index in [4.69, 9.17) is 9.47 Å². The first kappa shape index (κ1) is 27.6. The number of likely N-dealkylation sites (tertiary alicyclic amines) is 1. The third-order valence-electron chi connectivity index (χ3n) is 9.42. The molecular weight excluding hydrogens is 501 g/mol. The first-order valence-electron chi connectivity index (χ1n) is 13.5. The Bertz CT molecular complexity index is 1050. The SMILES string of the molecule is CO[C@@H]1COCC[C@@]1(N[C@@H]1CC[C@](C)(C(=O)N2C[C@H]3C[C@H]2CN3c2cc(C(F)(F)F)ccn2)C1)C(C)(C)O. The van der Waals surface area contributed by atoms with Gasteiger partial charge in [0.25, 0.3) is 0 Å². The second kappa shape index (κ2) is 9.60. The molecule has 11 heteroatoms. The van der Waals surface area contributed by atoms with E-state index in [1.54, 1.807) is 21.0 Å². The highest BCUT2D eigenvalue weighted by atomic mass is 19.4. The van der Waals surface area contributed by atoms with Gasteiger partial charge in [-0.25, -0.2) is 4.98 Å². The average molecular weight is 541 g/mol. The van der Waals surface area contributed by atoms with Crippen molar-refractivity contribution in [3.05, 3.63) is 23.9 Å². The van der Waals surface area contributed by atoms with E-state index in [0.29, 0.717) is 45.0 Å². The number of methoxy groups -OCH3 is 1. The first-order chi connectivity index (χ1) is 17.8. The number of nitrogens with zero attached hydrogens (tertiary/aromatic N) is 3. The van der Waals surface area contributed by atoms with Crippen molar-refractivity contribution < 1.29 is 32.5 Å². The Kier molecular flexibility index (Phi) is 6.98. The van der Waals surface area contributed by atoms with Gasteiger partial charge in [0, 0.05) is 44.5 Å². The second-order valence-corrected chi connectivity index (χ2v) is 12.3.